The number of amides is 1. The molecule has 1 amide bonds. The molecule has 1 N–H and O–H groups in total. The minimum Gasteiger partial charge on any atom is -0.322 e. The van der Waals surface area contributed by atoms with Gasteiger partial charge in [-0.3, -0.25) is 9.78 Å². The van der Waals surface area contributed by atoms with Gasteiger partial charge in [-0.05, 0) is 49.7 Å². The fourth-order valence-electron chi connectivity index (χ4n) is 3.64. The zero-order chi connectivity index (χ0) is 21.4. The van der Waals surface area contributed by atoms with Crippen LogP contribution in [0.3, 0.4) is 0 Å². The molecule has 31 heavy (non-hydrogen) atoms. The molecule has 0 aliphatic rings. The second kappa shape index (κ2) is 7.60. The SMILES string of the molecule is Cc1ccc(NC(=O)c2ccc3nnc4nc(C)n(Cc5ccccc5)c4c3c2)cn1. The van der Waals surface area contributed by atoms with Crippen LogP contribution in [0.5, 0.6) is 0 Å². The van der Waals surface area contributed by atoms with E-state index in [-0.39, 0.29) is 5.91 Å². The molecule has 0 aliphatic heterocycles. The van der Waals surface area contributed by atoms with Gasteiger partial charge >= 0.3 is 0 Å². The van der Waals surface area contributed by atoms with Crippen LogP contribution in [0.2, 0.25) is 0 Å². The third-order valence-electron chi connectivity index (χ3n) is 5.26. The average Bonchev–Trinajstić information content (AvgIpc) is 3.11. The number of hydrogen-bond donors (Lipinski definition) is 1. The fraction of sp³-hybridized carbons (Fsp3) is 0.125. The van der Waals surface area contributed by atoms with Crippen LogP contribution >= 0.6 is 0 Å². The second-order valence-electron chi connectivity index (χ2n) is 7.48. The molecular formula is C24H20N6O. The number of nitrogens with one attached hydrogen (secondary N) is 1. The van der Waals surface area contributed by atoms with Gasteiger partial charge in [0.05, 0.1) is 22.9 Å². The van der Waals surface area contributed by atoms with E-state index < -0.39 is 0 Å². The van der Waals surface area contributed by atoms with Crippen molar-refractivity contribution in [3.8, 4) is 0 Å². The molecule has 0 atom stereocenters. The van der Waals surface area contributed by atoms with Crippen molar-refractivity contribution in [2.45, 2.75) is 20.4 Å². The van der Waals surface area contributed by atoms with E-state index in [0.29, 0.717) is 23.4 Å². The molecule has 0 spiro atoms. The number of carbonyl (C=O) groups excluding carboxylic acids is 1. The lowest BCUT2D eigenvalue weighted by atomic mass is 10.1. The first-order valence-electron chi connectivity index (χ1n) is 10.00. The zero-order valence-electron chi connectivity index (χ0n) is 17.2. The van der Waals surface area contributed by atoms with Crippen molar-refractivity contribution in [2.75, 3.05) is 5.32 Å². The van der Waals surface area contributed by atoms with E-state index in [1.165, 1.54) is 0 Å². The Hall–Kier alpha value is -4.13. The number of fused-ring (bicyclic) bond motifs is 3. The number of nitrogens with zero attached hydrogens (tertiary/aromatic N) is 5. The van der Waals surface area contributed by atoms with Gasteiger partial charge in [0.2, 0.25) is 5.65 Å². The van der Waals surface area contributed by atoms with Gasteiger partial charge in [0, 0.05) is 23.2 Å². The first-order chi connectivity index (χ1) is 15.1. The van der Waals surface area contributed by atoms with Crippen molar-refractivity contribution in [1.82, 2.24) is 24.7 Å². The number of anilines is 1. The lowest BCUT2D eigenvalue weighted by Crippen LogP contribution is -2.12. The summed E-state index contributed by atoms with van der Waals surface area (Å²) in [4.78, 5) is 21.7. The van der Waals surface area contributed by atoms with Crippen LogP contribution in [0.1, 0.15) is 27.4 Å². The Labute approximate surface area is 178 Å². The fourth-order valence-corrected chi connectivity index (χ4v) is 3.64. The topological polar surface area (TPSA) is 85.6 Å². The Balaban J connectivity index is 1.59. The largest absolute Gasteiger partial charge is 0.322 e. The van der Waals surface area contributed by atoms with Crippen molar-refractivity contribution in [1.29, 1.82) is 0 Å². The molecule has 0 bridgehead atoms. The Morgan fingerprint density at radius 3 is 2.61 bits per heavy atom. The third-order valence-corrected chi connectivity index (χ3v) is 5.26. The molecule has 5 rings (SSSR count). The molecule has 0 saturated heterocycles. The molecule has 0 saturated carbocycles. The summed E-state index contributed by atoms with van der Waals surface area (Å²) in [7, 11) is 0. The smallest absolute Gasteiger partial charge is 0.255 e. The number of aryl methyl sites for hydroxylation is 2. The van der Waals surface area contributed by atoms with Crippen LogP contribution in [0, 0.1) is 13.8 Å². The van der Waals surface area contributed by atoms with E-state index in [1.807, 2.05) is 56.3 Å². The predicted molar refractivity (Wildman–Crippen MR) is 120 cm³/mol. The van der Waals surface area contributed by atoms with Gasteiger partial charge < -0.3 is 9.88 Å². The van der Waals surface area contributed by atoms with E-state index in [4.69, 9.17) is 0 Å². The maximum Gasteiger partial charge on any atom is 0.255 e. The quantitative estimate of drug-likeness (QED) is 0.479. The maximum absolute atomic E-state index is 12.9. The molecule has 5 aromatic rings. The van der Waals surface area contributed by atoms with Gasteiger partial charge in [0.25, 0.3) is 5.91 Å². The number of aromatic nitrogens is 5. The Morgan fingerprint density at radius 1 is 1.00 bits per heavy atom. The first kappa shape index (κ1) is 18.9. The molecule has 3 heterocycles. The number of benzene rings is 2. The summed E-state index contributed by atoms with van der Waals surface area (Å²) >= 11 is 0. The molecule has 0 radical (unpaired) electrons. The minimum atomic E-state index is -0.205. The summed E-state index contributed by atoms with van der Waals surface area (Å²) in [6.45, 7) is 4.52. The van der Waals surface area contributed by atoms with E-state index in [2.05, 4.69) is 42.2 Å². The number of pyridine rings is 1. The molecule has 7 nitrogen and oxygen atoms in total. The Morgan fingerprint density at radius 2 is 1.84 bits per heavy atom. The van der Waals surface area contributed by atoms with Gasteiger partial charge in [-0.1, -0.05) is 30.3 Å². The van der Waals surface area contributed by atoms with Crippen LogP contribution in [0.15, 0.2) is 66.9 Å². The molecule has 7 heteroatoms. The number of rotatable bonds is 4. The lowest BCUT2D eigenvalue weighted by Gasteiger charge is -2.10. The van der Waals surface area contributed by atoms with Crippen molar-refractivity contribution in [3.63, 3.8) is 0 Å². The normalized spacial score (nSPS) is 11.2. The second-order valence-corrected chi connectivity index (χ2v) is 7.48. The summed E-state index contributed by atoms with van der Waals surface area (Å²) in [6.07, 6.45) is 1.65. The van der Waals surface area contributed by atoms with Gasteiger partial charge in [-0.25, -0.2) is 4.98 Å². The standard InChI is InChI=1S/C24H20N6O/c1-15-8-10-19(13-25-15)27-24(31)18-9-11-21-20(12-18)22-23(29-28-21)26-16(2)30(22)14-17-6-4-3-5-7-17/h3-13H,14H2,1-2H3,(H,27,31). The zero-order valence-corrected chi connectivity index (χ0v) is 17.2. The highest BCUT2D eigenvalue weighted by atomic mass is 16.1. The van der Waals surface area contributed by atoms with Gasteiger partial charge in [-0.2, -0.15) is 0 Å². The molecule has 0 unspecified atom stereocenters. The van der Waals surface area contributed by atoms with Crippen molar-refractivity contribution in [3.05, 3.63) is 89.5 Å². The monoisotopic (exact) mass is 408 g/mol. The average molecular weight is 408 g/mol. The van der Waals surface area contributed by atoms with Crippen molar-refractivity contribution >= 4 is 33.7 Å². The van der Waals surface area contributed by atoms with Crippen LogP contribution in [0.4, 0.5) is 5.69 Å². The molecule has 3 aromatic heterocycles. The van der Waals surface area contributed by atoms with Crippen molar-refractivity contribution < 1.29 is 4.79 Å². The highest BCUT2D eigenvalue weighted by Crippen LogP contribution is 2.25. The lowest BCUT2D eigenvalue weighted by molar-refractivity contribution is 0.102. The van der Waals surface area contributed by atoms with Crippen LogP contribution in [-0.4, -0.2) is 30.6 Å². The number of hydrogen-bond acceptors (Lipinski definition) is 5. The van der Waals surface area contributed by atoms with Gasteiger partial charge in [0.1, 0.15) is 5.82 Å². The minimum absolute atomic E-state index is 0.205. The summed E-state index contributed by atoms with van der Waals surface area (Å²) in [6, 6.07) is 19.3. The highest BCUT2D eigenvalue weighted by Gasteiger charge is 2.16. The van der Waals surface area contributed by atoms with E-state index in [1.54, 1.807) is 12.3 Å². The summed E-state index contributed by atoms with van der Waals surface area (Å²) in [5.74, 6) is 0.643. The van der Waals surface area contributed by atoms with Crippen LogP contribution < -0.4 is 5.32 Å². The number of imidazole rings is 1. The number of carbonyl (C=O) groups is 1. The molecule has 152 valence electrons. The summed E-state index contributed by atoms with van der Waals surface area (Å²) in [5.41, 5.74) is 5.41. The molecule has 2 aromatic carbocycles. The van der Waals surface area contributed by atoms with E-state index >= 15 is 0 Å². The predicted octanol–water partition coefficient (Wildman–Crippen LogP) is 4.29. The summed E-state index contributed by atoms with van der Waals surface area (Å²) in [5, 5.41) is 12.3. The Kier molecular flexibility index (Phi) is 4.63. The Bertz CT molecular complexity index is 1410. The van der Waals surface area contributed by atoms with Crippen molar-refractivity contribution in [2.24, 2.45) is 0 Å². The van der Waals surface area contributed by atoms with Crippen LogP contribution in [0.25, 0.3) is 22.1 Å². The first-order valence-corrected chi connectivity index (χ1v) is 10.00. The third kappa shape index (κ3) is 3.61. The van der Waals surface area contributed by atoms with E-state index in [0.717, 1.165) is 33.5 Å². The maximum atomic E-state index is 12.9. The van der Waals surface area contributed by atoms with Gasteiger partial charge in [0.15, 0.2) is 0 Å². The van der Waals surface area contributed by atoms with Gasteiger partial charge in [-0.15, -0.1) is 10.2 Å². The van der Waals surface area contributed by atoms with E-state index in [9.17, 15) is 4.79 Å². The molecule has 0 aliphatic carbocycles. The summed E-state index contributed by atoms with van der Waals surface area (Å²) < 4.78 is 2.12. The molecular weight excluding hydrogens is 388 g/mol. The molecule has 0 fully saturated rings. The highest BCUT2D eigenvalue weighted by molar-refractivity contribution is 6.09. The van der Waals surface area contributed by atoms with Crippen LogP contribution in [-0.2, 0) is 6.54 Å².